The van der Waals surface area contributed by atoms with Crippen LogP contribution < -0.4 is 0 Å². The largest absolute Gasteiger partial charge is 0.298 e. The Bertz CT molecular complexity index is 603. The van der Waals surface area contributed by atoms with Crippen LogP contribution in [0.4, 0.5) is 0 Å². The van der Waals surface area contributed by atoms with Gasteiger partial charge in [-0.2, -0.15) is 0 Å². The normalized spacial score (nSPS) is 39.6. The number of Topliss-reactive ketones (excluding diaryl/α,β-unsaturated/α-hetero) is 1. The molecular formula is C17H24N4OS. The van der Waals surface area contributed by atoms with Crippen molar-refractivity contribution in [2.24, 2.45) is 23.2 Å². The van der Waals surface area contributed by atoms with Gasteiger partial charge in [-0.15, -0.1) is 5.10 Å². The second kappa shape index (κ2) is 5.04. The molecule has 0 aliphatic heterocycles. The van der Waals surface area contributed by atoms with Crippen molar-refractivity contribution in [3.05, 3.63) is 0 Å². The number of nitrogens with zero attached hydrogens (tertiary/aromatic N) is 4. The second-order valence-corrected chi connectivity index (χ2v) is 9.77. The highest BCUT2D eigenvalue weighted by atomic mass is 32.2. The number of carbonyl (C=O) groups is 1. The van der Waals surface area contributed by atoms with Gasteiger partial charge in [-0.1, -0.05) is 11.8 Å². The predicted molar refractivity (Wildman–Crippen MR) is 87.0 cm³/mol. The molecule has 0 aromatic carbocycles. The first-order chi connectivity index (χ1) is 11.1. The van der Waals surface area contributed by atoms with Crippen molar-refractivity contribution < 1.29 is 4.79 Å². The summed E-state index contributed by atoms with van der Waals surface area (Å²) in [7, 11) is 0. The summed E-state index contributed by atoms with van der Waals surface area (Å²) < 4.78 is 1.92. The summed E-state index contributed by atoms with van der Waals surface area (Å²) in [4.78, 5) is 13.3. The third-order valence-corrected chi connectivity index (χ3v) is 7.61. The molecule has 5 nitrogen and oxygen atoms in total. The summed E-state index contributed by atoms with van der Waals surface area (Å²) in [6.45, 7) is 2.07. The highest BCUT2D eigenvalue weighted by molar-refractivity contribution is 8.00. The molecule has 23 heavy (non-hydrogen) atoms. The standard InChI is InChI=1S/C17H24N4OS/c1-10(23-16-18-19-20-21(16)14-2-3-14)15(22)17-7-11-4-12(8-17)6-13(5-11)9-17/h10-14H,2-9H2,1H3/t10-,11?,12?,13?,17?/m1/s1. The van der Waals surface area contributed by atoms with E-state index in [4.69, 9.17) is 0 Å². The molecule has 1 aromatic heterocycles. The molecule has 1 aromatic rings. The summed E-state index contributed by atoms with van der Waals surface area (Å²) in [5.41, 5.74) is -0.0149. The number of ketones is 1. The van der Waals surface area contributed by atoms with E-state index < -0.39 is 0 Å². The Kier molecular flexibility index (Phi) is 3.16. The zero-order valence-electron chi connectivity index (χ0n) is 13.6. The van der Waals surface area contributed by atoms with Gasteiger partial charge in [0.1, 0.15) is 0 Å². The van der Waals surface area contributed by atoms with Crippen molar-refractivity contribution in [1.29, 1.82) is 0 Å². The smallest absolute Gasteiger partial charge is 0.210 e. The number of tetrazole rings is 1. The molecule has 0 amide bonds. The van der Waals surface area contributed by atoms with Gasteiger partial charge in [-0.3, -0.25) is 4.79 Å². The van der Waals surface area contributed by atoms with E-state index in [0.717, 1.165) is 55.0 Å². The molecular weight excluding hydrogens is 308 g/mol. The van der Waals surface area contributed by atoms with Crippen molar-refractivity contribution in [3.63, 3.8) is 0 Å². The first-order valence-corrected chi connectivity index (χ1v) is 10.00. The maximum Gasteiger partial charge on any atom is 0.210 e. The van der Waals surface area contributed by atoms with Gasteiger partial charge in [0.15, 0.2) is 5.78 Å². The minimum absolute atomic E-state index is 0.0149. The highest BCUT2D eigenvalue weighted by Crippen LogP contribution is 2.61. The lowest BCUT2D eigenvalue weighted by molar-refractivity contribution is -0.142. The van der Waals surface area contributed by atoms with E-state index in [1.165, 1.54) is 19.3 Å². The summed E-state index contributed by atoms with van der Waals surface area (Å²) >= 11 is 1.58. The summed E-state index contributed by atoms with van der Waals surface area (Å²) in [6.07, 6.45) is 9.92. The zero-order chi connectivity index (χ0) is 15.6. The lowest BCUT2D eigenvalue weighted by atomic mass is 9.48. The molecule has 0 saturated heterocycles. The molecule has 0 radical (unpaired) electrons. The van der Waals surface area contributed by atoms with Crippen LogP contribution in [-0.2, 0) is 4.79 Å². The van der Waals surface area contributed by atoms with Gasteiger partial charge in [-0.25, -0.2) is 4.68 Å². The SMILES string of the molecule is C[C@@H](Sc1nnnn1C1CC1)C(=O)C12CC3CC(CC(C3)C1)C2. The van der Waals surface area contributed by atoms with Crippen molar-refractivity contribution in [3.8, 4) is 0 Å². The monoisotopic (exact) mass is 332 g/mol. The maximum absolute atomic E-state index is 13.3. The molecule has 0 unspecified atom stereocenters. The molecule has 5 aliphatic carbocycles. The fourth-order valence-corrected chi connectivity index (χ4v) is 6.92. The maximum atomic E-state index is 13.3. The predicted octanol–water partition coefficient (Wildman–Crippen LogP) is 3.27. The van der Waals surface area contributed by atoms with Gasteiger partial charge in [0.25, 0.3) is 0 Å². The van der Waals surface area contributed by atoms with Gasteiger partial charge in [-0.05, 0) is 86.5 Å². The fraction of sp³-hybridized carbons (Fsp3) is 0.882. The van der Waals surface area contributed by atoms with Crippen molar-refractivity contribution in [1.82, 2.24) is 20.2 Å². The Morgan fingerprint density at radius 3 is 2.35 bits per heavy atom. The molecule has 0 spiro atoms. The van der Waals surface area contributed by atoms with E-state index in [0.29, 0.717) is 11.8 Å². The first-order valence-electron chi connectivity index (χ1n) is 9.12. The van der Waals surface area contributed by atoms with Crippen LogP contribution in [0, 0.1) is 23.2 Å². The Hall–Kier alpha value is -0.910. The third kappa shape index (κ3) is 2.36. The van der Waals surface area contributed by atoms with Crippen LogP contribution in [0.2, 0.25) is 0 Å². The van der Waals surface area contributed by atoms with Gasteiger partial charge in [0, 0.05) is 5.41 Å². The Labute approximate surface area is 141 Å². The number of hydrogen-bond donors (Lipinski definition) is 0. The molecule has 5 aliphatic rings. The molecule has 0 N–H and O–H groups in total. The van der Waals surface area contributed by atoms with Crippen LogP contribution in [0.25, 0.3) is 0 Å². The van der Waals surface area contributed by atoms with Crippen LogP contribution in [0.1, 0.15) is 64.3 Å². The van der Waals surface area contributed by atoms with Crippen LogP contribution >= 0.6 is 11.8 Å². The lowest BCUT2D eigenvalue weighted by Crippen LogP contribution is -2.51. The van der Waals surface area contributed by atoms with E-state index in [-0.39, 0.29) is 10.7 Å². The number of carbonyl (C=O) groups excluding carboxylic acids is 1. The Balaban J connectivity index is 1.34. The molecule has 6 heteroatoms. The molecule has 124 valence electrons. The fourth-order valence-electron chi connectivity index (χ4n) is 5.87. The first kappa shape index (κ1) is 14.4. The van der Waals surface area contributed by atoms with Gasteiger partial charge < -0.3 is 0 Å². The van der Waals surface area contributed by atoms with Crippen molar-refractivity contribution in [2.75, 3.05) is 0 Å². The second-order valence-electron chi connectivity index (χ2n) is 8.46. The van der Waals surface area contributed by atoms with E-state index in [9.17, 15) is 4.79 Å². The number of rotatable bonds is 5. The Morgan fingerprint density at radius 1 is 1.17 bits per heavy atom. The molecule has 1 heterocycles. The average molecular weight is 332 g/mol. The lowest BCUT2D eigenvalue weighted by Gasteiger charge is -2.56. The van der Waals surface area contributed by atoms with E-state index in [1.54, 1.807) is 11.8 Å². The molecule has 5 fully saturated rings. The van der Waals surface area contributed by atoms with E-state index in [2.05, 4.69) is 22.4 Å². The summed E-state index contributed by atoms with van der Waals surface area (Å²) in [5.74, 6) is 2.93. The molecule has 4 bridgehead atoms. The third-order valence-electron chi connectivity index (χ3n) is 6.57. The molecule has 6 rings (SSSR count). The van der Waals surface area contributed by atoms with Crippen LogP contribution in [0.15, 0.2) is 5.16 Å². The van der Waals surface area contributed by atoms with Gasteiger partial charge in [0.05, 0.1) is 11.3 Å². The summed E-state index contributed by atoms with van der Waals surface area (Å²) in [5, 5.41) is 12.9. The van der Waals surface area contributed by atoms with Gasteiger partial charge in [0.2, 0.25) is 5.16 Å². The number of thioether (sulfide) groups is 1. The van der Waals surface area contributed by atoms with Gasteiger partial charge >= 0.3 is 0 Å². The minimum atomic E-state index is -0.0326. The van der Waals surface area contributed by atoms with Crippen LogP contribution in [-0.4, -0.2) is 31.2 Å². The topological polar surface area (TPSA) is 60.7 Å². The van der Waals surface area contributed by atoms with Crippen LogP contribution in [0.5, 0.6) is 0 Å². The van der Waals surface area contributed by atoms with E-state index in [1.807, 2.05) is 4.68 Å². The number of hydrogen-bond acceptors (Lipinski definition) is 5. The Morgan fingerprint density at radius 2 is 1.78 bits per heavy atom. The van der Waals surface area contributed by atoms with E-state index >= 15 is 0 Å². The van der Waals surface area contributed by atoms with Crippen LogP contribution in [0.3, 0.4) is 0 Å². The quantitative estimate of drug-likeness (QED) is 0.775. The summed E-state index contributed by atoms with van der Waals surface area (Å²) in [6, 6.07) is 0.467. The molecule has 1 atom stereocenters. The number of aromatic nitrogens is 4. The average Bonchev–Trinajstić information content (AvgIpc) is 3.25. The van der Waals surface area contributed by atoms with Crippen molar-refractivity contribution >= 4 is 17.5 Å². The molecule has 5 saturated carbocycles. The zero-order valence-corrected chi connectivity index (χ0v) is 14.5. The highest BCUT2D eigenvalue weighted by Gasteiger charge is 2.55. The minimum Gasteiger partial charge on any atom is -0.298 e. The van der Waals surface area contributed by atoms with Crippen molar-refractivity contribution in [2.45, 2.75) is 74.7 Å².